The van der Waals surface area contributed by atoms with E-state index in [0.717, 1.165) is 11.3 Å². The molecule has 3 rings (SSSR count). The van der Waals surface area contributed by atoms with Gasteiger partial charge in [0, 0.05) is 6.42 Å². The Morgan fingerprint density at radius 1 is 1.50 bits per heavy atom. The third kappa shape index (κ3) is 2.16. The minimum absolute atomic E-state index is 0.138. The smallest absolute Gasteiger partial charge is 0.128 e. The van der Waals surface area contributed by atoms with Gasteiger partial charge in [-0.3, -0.25) is 0 Å². The molecule has 1 aromatic carbocycles. The number of rotatable bonds is 2. The molecule has 1 aromatic heterocycles. The van der Waals surface area contributed by atoms with E-state index in [0.29, 0.717) is 15.8 Å². The summed E-state index contributed by atoms with van der Waals surface area (Å²) >= 11 is 7.03. The van der Waals surface area contributed by atoms with Gasteiger partial charge in [0.25, 0.3) is 0 Å². The van der Waals surface area contributed by atoms with Gasteiger partial charge in [0.15, 0.2) is 0 Å². The summed E-state index contributed by atoms with van der Waals surface area (Å²) in [7, 11) is 0. The second kappa shape index (κ2) is 5.06. The van der Waals surface area contributed by atoms with Crippen LogP contribution in [0.1, 0.15) is 16.7 Å². The second-order valence-electron chi connectivity index (χ2n) is 4.75. The molecule has 0 bridgehead atoms. The van der Waals surface area contributed by atoms with Crippen molar-refractivity contribution in [2.75, 3.05) is 6.61 Å². The molecule has 2 unspecified atom stereocenters. The molecule has 6 heteroatoms. The summed E-state index contributed by atoms with van der Waals surface area (Å²) in [6, 6.07) is 9.76. The molecule has 1 aliphatic heterocycles. The SMILES string of the molecule is N#CC1(C(O)c2ncc(Cl)s2)COc2ccccc2C1. The number of hydrogen-bond acceptors (Lipinski definition) is 5. The molecule has 0 saturated carbocycles. The van der Waals surface area contributed by atoms with Gasteiger partial charge in [-0.2, -0.15) is 5.26 Å². The van der Waals surface area contributed by atoms with Crippen molar-refractivity contribution in [2.24, 2.45) is 5.41 Å². The fraction of sp³-hybridized carbons (Fsp3) is 0.286. The molecule has 4 nitrogen and oxygen atoms in total. The van der Waals surface area contributed by atoms with Crippen LogP contribution in [0, 0.1) is 16.7 Å². The number of nitrogens with zero attached hydrogens (tertiary/aromatic N) is 2. The molecular formula is C14H11ClN2O2S. The van der Waals surface area contributed by atoms with E-state index in [1.54, 1.807) is 0 Å². The van der Waals surface area contributed by atoms with Crippen LogP contribution in [-0.4, -0.2) is 16.7 Å². The minimum Gasteiger partial charge on any atom is -0.492 e. The van der Waals surface area contributed by atoms with Crippen LogP contribution >= 0.6 is 22.9 Å². The molecule has 102 valence electrons. The van der Waals surface area contributed by atoms with Crippen LogP contribution in [-0.2, 0) is 6.42 Å². The van der Waals surface area contributed by atoms with Gasteiger partial charge in [-0.05, 0) is 11.6 Å². The number of aromatic nitrogens is 1. The lowest BCUT2D eigenvalue weighted by molar-refractivity contribution is 0.0170. The lowest BCUT2D eigenvalue weighted by Crippen LogP contribution is -2.39. The van der Waals surface area contributed by atoms with E-state index in [2.05, 4.69) is 11.1 Å². The second-order valence-corrected chi connectivity index (χ2v) is 6.44. The van der Waals surface area contributed by atoms with Crippen LogP contribution in [0.2, 0.25) is 4.34 Å². The molecule has 20 heavy (non-hydrogen) atoms. The zero-order valence-electron chi connectivity index (χ0n) is 10.4. The number of hydrogen-bond donors (Lipinski definition) is 1. The molecule has 0 fully saturated rings. The maximum Gasteiger partial charge on any atom is 0.128 e. The van der Waals surface area contributed by atoms with Gasteiger partial charge in [-0.15, -0.1) is 11.3 Å². The van der Waals surface area contributed by atoms with Crippen LogP contribution in [0.3, 0.4) is 0 Å². The zero-order valence-corrected chi connectivity index (χ0v) is 12.0. The zero-order chi connectivity index (χ0) is 14.2. The number of fused-ring (bicyclic) bond motifs is 1. The first-order chi connectivity index (χ1) is 9.64. The summed E-state index contributed by atoms with van der Waals surface area (Å²) < 4.78 is 6.13. The quantitative estimate of drug-likeness (QED) is 0.926. The Labute approximate surface area is 125 Å². The van der Waals surface area contributed by atoms with Crippen LogP contribution in [0.4, 0.5) is 0 Å². The fourth-order valence-electron chi connectivity index (χ4n) is 2.33. The monoisotopic (exact) mass is 306 g/mol. The Kier molecular flexibility index (Phi) is 3.38. The van der Waals surface area contributed by atoms with Gasteiger partial charge in [0.1, 0.15) is 33.2 Å². The van der Waals surface area contributed by atoms with E-state index in [1.165, 1.54) is 17.5 Å². The van der Waals surface area contributed by atoms with E-state index in [1.807, 2.05) is 24.3 Å². The number of thiazole rings is 1. The average molecular weight is 307 g/mol. The molecule has 1 aliphatic rings. The number of halogens is 1. The molecule has 2 atom stereocenters. The van der Waals surface area contributed by atoms with Crippen molar-refractivity contribution in [3.8, 4) is 11.8 Å². The Morgan fingerprint density at radius 3 is 3.00 bits per heavy atom. The lowest BCUT2D eigenvalue weighted by atomic mass is 9.77. The minimum atomic E-state index is -1.03. The predicted molar refractivity (Wildman–Crippen MR) is 75.8 cm³/mol. The van der Waals surface area contributed by atoms with Gasteiger partial charge in [0.05, 0.1) is 12.3 Å². The van der Waals surface area contributed by atoms with Crippen molar-refractivity contribution in [1.82, 2.24) is 4.98 Å². The normalized spacial score (nSPS) is 22.4. The largest absolute Gasteiger partial charge is 0.492 e. The highest BCUT2D eigenvalue weighted by molar-refractivity contribution is 7.15. The molecule has 0 saturated heterocycles. The first kappa shape index (κ1) is 13.4. The topological polar surface area (TPSA) is 66.1 Å². The number of nitriles is 1. The first-order valence-corrected chi connectivity index (χ1v) is 7.25. The molecule has 1 N–H and O–H groups in total. The van der Waals surface area contributed by atoms with Crippen LogP contribution in [0.15, 0.2) is 30.5 Å². The highest BCUT2D eigenvalue weighted by Crippen LogP contribution is 2.43. The maximum absolute atomic E-state index is 10.5. The van der Waals surface area contributed by atoms with E-state index < -0.39 is 11.5 Å². The van der Waals surface area contributed by atoms with Gasteiger partial charge in [0.2, 0.25) is 0 Å². The number of para-hydroxylation sites is 1. The summed E-state index contributed by atoms with van der Waals surface area (Å²) in [4.78, 5) is 4.07. The Morgan fingerprint density at radius 2 is 2.30 bits per heavy atom. The predicted octanol–water partition coefficient (Wildman–Crippen LogP) is 2.97. The number of aliphatic hydroxyl groups excluding tert-OH is 1. The summed E-state index contributed by atoms with van der Waals surface area (Å²) in [6.07, 6.45) is 0.893. The molecule has 0 spiro atoms. The third-order valence-corrected chi connectivity index (χ3v) is 4.61. The van der Waals surface area contributed by atoms with E-state index in [4.69, 9.17) is 16.3 Å². The Hall–Kier alpha value is -1.61. The van der Waals surface area contributed by atoms with Gasteiger partial charge >= 0.3 is 0 Å². The van der Waals surface area contributed by atoms with Crippen molar-refractivity contribution >= 4 is 22.9 Å². The lowest BCUT2D eigenvalue weighted by Gasteiger charge is -2.34. The van der Waals surface area contributed by atoms with Gasteiger partial charge in [-0.25, -0.2) is 4.98 Å². The molecule has 2 aromatic rings. The highest BCUT2D eigenvalue weighted by atomic mass is 35.5. The van der Waals surface area contributed by atoms with Crippen LogP contribution < -0.4 is 4.74 Å². The van der Waals surface area contributed by atoms with Crippen LogP contribution in [0.25, 0.3) is 0 Å². The fourth-order valence-corrected chi connectivity index (χ4v) is 3.36. The molecule has 2 heterocycles. The van der Waals surface area contributed by atoms with Crippen molar-refractivity contribution < 1.29 is 9.84 Å². The summed E-state index contributed by atoms with van der Waals surface area (Å²) in [5.74, 6) is 0.766. The van der Waals surface area contributed by atoms with E-state index in [9.17, 15) is 10.4 Å². The number of aliphatic hydroxyl groups is 1. The summed E-state index contributed by atoms with van der Waals surface area (Å²) in [5, 5.41) is 20.5. The third-order valence-electron chi connectivity index (χ3n) is 3.44. The summed E-state index contributed by atoms with van der Waals surface area (Å²) in [5.41, 5.74) is -0.114. The molecule has 0 radical (unpaired) electrons. The van der Waals surface area contributed by atoms with E-state index in [-0.39, 0.29) is 6.61 Å². The molecule has 0 aliphatic carbocycles. The van der Waals surface area contributed by atoms with Crippen molar-refractivity contribution in [3.05, 3.63) is 45.4 Å². The van der Waals surface area contributed by atoms with Crippen molar-refractivity contribution in [1.29, 1.82) is 5.26 Å². The van der Waals surface area contributed by atoms with E-state index >= 15 is 0 Å². The number of ether oxygens (including phenoxy) is 1. The summed E-state index contributed by atoms with van der Waals surface area (Å²) in [6.45, 7) is 0.138. The average Bonchev–Trinajstić information content (AvgIpc) is 2.92. The van der Waals surface area contributed by atoms with Crippen molar-refractivity contribution in [2.45, 2.75) is 12.5 Å². The standard InChI is InChI=1S/C14H11ClN2O2S/c15-11-6-17-13(20-11)12(18)14(7-16)5-9-3-1-2-4-10(9)19-8-14/h1-4,6,12,18H,5,8H2. The molecule has 0 amide bonds. The number of benzene rings is 1. The van der Waals surface area contributed by atoms with Crippen LogP contribution in [0.5, 0.6) is 5.75 Å². The Balaban J connectivity index is 1.96. The maximum atomic E-state index is 10.5. The highest BCUT2D eigenvalue weighted by Gasteiger charge is 2.45. The van der Waals surface area contributed by atoms with Gasteiger partial charge in [-0.1, -0.05) is 29.8 Å². The first-order valence-electron chi connectivity index (χ1n) is 6.06. The molecular weight excluding hydrogens is 296 g/mol. The Bertz CT molecular complexity index is 682. The van der Waals surface area contributed by atoms with Gasteiger partial charge < -0.3 is 9.84 Å². The van der Waals surface area contributed by atoms with Crippen molar-refractivity contribution in [3.63, 3.8) is 0 Å².